The van der Waals surface area contributed by atoms with E-state index >= 15 is 0 Å². The molecular formula is C29H27NO8S. The number of rotatable bonds is 7. The predicted molar refractivity (Wildman–Crippen MR) is 144 cm³/mol. The van der Waals surface area contributed by atoms with Crippen LogP contribution >= 0.6 is 10.6 Å². The van der Waals surface area contributed by atoms with Crippen molar-refractivity contribution in [1.82, 2.24) is 4.90 Å². The topological polar surface area (TPSA) is 115 Å². The number of ether oxygens (including phenoxy) is 2. The maximum Gasteiger partial charge on any atom is 0.442 e. The molecule has 0 aromatic heterocycles. The molecule has 202 valence electrons. The number of hydrogen-bond donors (Lipinski definition) is 2. The Morgan fingerprint density at radius 2 is 1.54 bits per heavy atom. The number of nitrogens with zero attached hydrogens (tertiary/aromatic N) is 1. The second-order valence-electron chi connectivity index (χ2n) is 9.45. The maximum atomic E-state index is 12.1. The Morgan fingerprint density at radius 3 is 2.28 bits per heavy atom. The van der Waals surface area contributed by atoms with Gasteiger partial charge in [-0.15, -0.1) is 0 Å². The van der Waals surface area contributed by atoms with E-state index in [4.69, 9.17) is 17.8 Å². The monoisotopic (exact) mass is 549 g/mol. The number of likely N-dealkylation sites (tertiary alicyclic amines) is 1. The Balaban J connectivity index is 1.22. The second kappa shape index (κ2) is 10.2. The number of aromatic hydroxyl groups is 2. The zero-order valence-electron chi connectivity index (χ0n) is 21.0. The lowest BCUT2D eigenvalue weighted by Gasteiger charge is -2.34. The van der Waals surface area contributed by atoms with Gasteiger partial charge < -0.3 is 28.1 Å². The molecule has 0 atom stereocenters. The molecule has 0 bridgehead atoms. The molecule has 3 aromatic carbocycles. The molecule has 3 aliphatic rings. The summed E-state index contributed by atoms with van der Waals surface area (Å²) in [6.07, 6.45) is 5.47. The minimum Gasteiger partial charge on any atom is -0.507 e. The molecule has 0 saturated carbocycles. The summed E-state index contributed by atoms with van der Waals surface area (Å²) in [5.41, 5.74) is 0.894. The maximum absolute atomic E-state index is 12.1. The molecule has 2 saturated heterocycles. The van der Waals surface area contributed by atoms with E-state index in [-0.39, 0.29) is 22.8 Å². The smallest absolute Gasteiger partial charge is 0.442 e. The third-order valence-electron chi connectivity index (χ3n) is 6.86. The predicted octanol–water partition coefficient (Wildman–Crippen LogP) is 5.36. The van der Waals surface area contributed by atoms with Gasteiger partial charge >= 0.3 is 11.9 Å². The summed E-state index contributed by atoms with van der Waals surface area (Å²) >= 11 is 0. The largest absolute Gasteiger partial charge is 0.507 e. The summed E-state index contributed by atoms with van der Waals surface area (Å²) < 4.78 is 22.8. The number of piperidine rings is 1. The first-order valence-electron chi connectivity index (χ1n) is 12.7. The van der Waals surface area contributed by atoms with Gasteiger partial charge in [-0.25, -0.2) is 9.59 Å². The Kier molecular flexibility index (Phi) is 6.58. The van der Waals surface area contributed by atoms with E-state index in [1.54, 1.807) is 54.6 Å². The van der Waals surface area contributed by atoms with Gasteiger partial charge in [0.05, 0.1) is 9.80 Å². The Labute approximate surface area is 226 Å². The van der Waals surface area contributed by atoms with Gasteiger partial charge in [0.2, 0.25) is 0 Å². The third kappa shape index (κ3) is 4.77. The number of hydrogen-bond acceptors (Lipinski definition) is 9. The zero-order chi connectivity index (χ0) is 27.0. The lowest BCUT2D eigenvalue weighted by Crippen LogP contribution is -2.33. The first-order valence-corrected chi connectivity index (χ1v) is 14.2. The second-order valence-corrected chi connectivity index (χ2v) is 11.7. The van der Waals surface area contributed by atoms with Crippen molar-refractivity contribution in [2.75, 3.05) is 26.2 Å². The molecule has 6 rings (SSSR count). The van der Waals surface area contributed by atoms with E-state index in [0.717, 1.165) is 25.7 Å². The third-order valence-corrected chi connectivity index (χ3v) is 9.50. The fraction of sp³-hybridized carbons (Fsp3) is 0.241. The highest BCUT2D eigenvalue weighted by Crippen LogP contribution is 2.75. The fourth-order valence-electron chi connectivity index (χ4n) is 4.93. The number of phenolic OH excluding ortho intramolecular Hbond substituents is 2. The van der Waals surface area contributed by atoms with Gasteiger partial charge in [0, 0.05) is 23.7 Å². The van der Waals surface area contributed by atoms with Crippen molar-refractivity contribution in [1.29, 1.82) is 0 Å². The Morgan fingerprint density at radius 1 is 0.846 bits per heavy atom. The van der Waals surface area contributed by atoms with E-state index in [1.807, 2.05) is 0 Å². The van der Waals surface area contributed by atoms with Crippen molar-refractivity contribution in [2.45, 2.75) is 24.2 Å². The lowest BCUT2D eigenvalue weighted by molar-refractivity contribution is -0.150. The highest BCUT2D eigenvalue weighted by Gasteiger charge is 2.50. The van der Waals surface area contributed by atoms with Gasteiger partial charge in [-0.1, -0.05) is 35.2 Å². The fourth-order valence-corrected chi connectivity index (χ4v) is 7.55. The molecule has 9 nitrogen and oxygen atoms in total. The number of carbonyl (C=O) groups excluding carboxylic acids is 2. The van der Waals surface area contributed by atoms with Crippen molar-refractivity contribution < 1.29 is 37.6 Å². The summed E-state index contributed by atoms with van der Waals surface area (Å²) in [4.78, 5) is 27.4. The van der Waals surface area contributed by atoms with E-state index in [1.165, 1.54) is 25.3 Å². The summed E-state index contributed by atoms with van der Waals surface area (Å²) in [7, 11) is -2.98. The molecule has 0 radical (unpaired) electrons. The Hall–Kier alpha value is -4.15. The lowest BCUT2D eigenvalue weighted by atomic mass is 10.1. The van der Waals surface area contributed by atoms with Crippen LogP contribution in [-0.2, 0) is 18.0 Å². The highest BCUT2D eigenvalue weighted by molar-refractivity contribution is 8.35. The Bertz CT molecular complexity index is 1450. The standard InChI is InChI=1S/C29H27NO8S/c31-23-18-24(32)25(36-21-10-8-20(9-11-21)35-15-14-30-12-4-1-5-13-30)17-22(23)27-16-19-6-2-3-7-26(19)39(27)37-28(33)29(34)38-39/h2-3,6-11,16-18,31-32H,1,4-5,12-15H2. The van der Waals surface area contributed by atoms with Crippen LogP contribution in [0.25, 0.3) is 11.0 Å². The molecule has 3 aromatic rings. The molecule has 0 unspecified atom stereocenters. The van der Waals surface area contributed by atoms with Gasteiger partial charge in [-0.3, -0.25) is 4.90 Å². The van der Waals surface area contributed by atoms with Crippen LogP contribution in [0.3, 0.4) is 0 Å². The first-order chi connectivity index (χ1) is 18.9. The quantitative estimate of drug-likeness (QED) is 0.376. The van der Waals surface area contributed by atoms with Crippen molar-refractivity contribution in [3.05, 3.63) is 71.8 Å². The SMILES string of the molecule is O=C1OS2(OC1=O)C(c1cc(Oc3ccc(OCCN4CCCCC4)cc3)c(O)cc1O)=Cc1ccccc12. The summed E-state index contributed by atoms with van der Waals surface area (Å²) in [6.45, 7) is 3.71. The van der Waals surface area contributed by atoms with Gasteiger partial charge in [-0.2, -0.15) is 0 Å². The number of phenols is 2. The van der Waals surface area contributed by atoms with Crippen LogP contribution in [0.4, 0.5) is 0 Å². The van der Waals surface area contributed by atoms with E-state index < -0.39 is 22.5 Å². The zero-order valence-corrected chi connectivity index (χ0v) is 21.8. The van der Waals surface area contributed by atoms with Crippen molar-refractivity contribution in [2.24, 2.45) is 0 Å². The normalized spacial score (nSPS) is 18.7. The van der Waals surface area contributed by atoms with Crippen LogP contribution in [0, 0.1) is 0 Å². The van der Waals surface area contributed by atoms with Gasteiger partial charge in [0.1, 0.15) is 23.9 Å². The average Bonchev–Trinajstić information content (AvgIpc) is 3.42. The molecule has 0 aliphatic carbocycles. The molecule has 0 amide bonds. The number of carbonyl (C=O) groups is 2. The van der Waals surface area contributed by atoms with Crippen LogP contribution in [0.15, 0.2) is 65.6 Å². The minimum absolute atomic E-state index is 0.0589. The minimum atomic E-state index is -2.98. The van der Waals surface area contributed by atoms with Gasteiger partial charge in [-0.05, 0) is 68.4 Å². The van der Waals surface area contributed by atoms with Crippen LogP contribution in [0.1, 0.15) is 30.4 Å². The molecule has 3 heterocycles. The average molecular weight is 550 g/mol. The summed E-state index contributed by atoms with van der Waals surface area (Å²) in [5.74, 6) is -1.57. The van der Waals surface area contributed by atoms with E-state index in [0.29, 0.717) is 33.5 Å². The number of fused-ring (bicyclic) bond motifs is 2. The molecule has 10 heteroatoms. The van der Waals surface area contributed by atoms with Crippen molar-refractivity contribution in [3.8, 4) is 28.7 Å². The molecule has 1 spiro atoms. The van der Waals surface area contributed by atoms with Crippen molar-refractivity contribution in [3.63, 3.8) is 0 Å². The van der Waals surface area contributed by atoms with Crippen LogP contribution < -0.4 is 9.47 Å². The molecule has 2 N–H and O–H groups in total. The molecule has 2 fully saturated rings. The van der Waals surface area contributed by atoms with E-state index in [9.17, 15) is 19.8 Å². The van der Waals surface area contributed by atoms with Crippen LogP contribution in [0.5, 0.6) is 28.7 Å². The highest BCUT2D eigenvalue weighted by atomic mass is 32.3. The van der Waals surface area contributed by atoms with Crippen LogP contribution in [0.2, 0.25) is 0 Å². The molecule has 39 heavy (non-hydrogen) atoms. The summed E-state index contributed by atoms with van der Waals surface area (Å²) in [5, 5.41) is 21.3. The number of benzene rings is 3. The van der Waals surface area contributed by atoms with Gasteiger partial charge in [0.15, 0.2) is 11.5 Å². The van der Waals surface area contributed by atoms with E-state index in [2.05, 4.69) is 4.90 Å². The molecular weight excluding hydrogens is 522 g/mol. The first kappa shape index (κ1) is 25.1. The van der Waals surface area contributed by atoms with Crippen molar-refractivity contribution >= 4 is 33.5 Å². The summed E-state index contributed by atoms with van der Waals surface area (Å²) in [6, 6.07) is 16.6. The van der Waals surface area contributed by atoms with Crippen LogP contribution in [-0.4, -0.2) is 53.3 Å². The van der Waals surface area contributed by atoms with Gasteiger partial charge in [0.25, 0.3) is 0 Å². The molecule has 3 aliphatic heterocycles.